The number of hydrazone groups is 1. The van der Waals surface area contributed by atoms with Crippen molar-refractivity contribution in [1.82, 2.24) is 15.0 Å². The number of rotatable bonds is 7. The number of aromatic nitrogens is 3. The molecule has 2 heterocycles. The van der Waals surface area contributed by atoms with Gasteiger partial charge in [0.15, 0.2) is 0 Å². The Balaban J connectivity index is 1.49. The maximum Gasteiger partial charge on any atom is 0.250 e. The van der Waals surface area contributed by atoms with Gasteiger partial charge in [0, 0.05) is 25.0 Å². The third-order valence-corrected chi connectivity index (χ3v) is 4.71. The predicted molar refractivity (Wildman–Crippen MR) is 123 cm³/mol. The van der Waals surface area contributed by atoms with E-state index in [1.165, 1.54) is 6.42 Å². The summed E-state index contributed by atoms with van der Waals surface area (Å²) in [6, 6.07) is 19.9. The van der Waals surface area contributed by atoms with Crippen LogP contribution in [0.1, 0.15) is 24.8 Å². The molecule has 0 radical (unpaired) electrons. The number of hydrogen-bond donors (Lipinski definition) is 2. The first kappa shape index (κ1) is 19.6. The lowest BCUT2D eigenvalue weighted by molar-refractivity contribution is 0.568. The fraction of sp³-hybridized carbons (Fsp3) is 0.217. The van der Waals surface area contributed by atoms with Crippen molar-refractivity contribution < 1.29 is 0 Å². The fourth-order valence-corrected chi connectivity index (χ4v) is 3.21. The molecule has 1 fully saturated rings. The first-order valence-corrected chi connectivity index (χ1v) is 10.2. The normalized spacial score (nSPS) is 14.3. The zero-order valence-corrected chi connectivity index (χ0v) is 16.8. The summed E-state index contributed by atoms with van der Waals surface area (Å²) < 4.78 is 0. The molecule has 0 spiro atoms. The van der Waals surface area contributed by atoms with Crippen molar-refractivity contribution in [2.75, 3.05) is 28.7 Å². The van der Waals surface area contributed by atoms with E-state index in [1.807, 2.05) is 72.8 Å². The molecule has 0 unspecified atom stereocenters. The molecule has 0 atom stereocenters. The summed E-state index contributed by atoms with van der Waals surface area (Å²) in [6.07, 6.45) is 9.09. The summed E-state index contributed by atoms with van der Waals surface area (Å²) in [4.78, 5) is 15.9. The summed E-state index contributed by atoms with van der Waals surface area (Å²) in [5.74, 6) is 1.57. The molecule has 3 aromatic rings. The number of benzene rings is 2. The average Bonchev–Trinajstić information content (AvgIpc) is 2.81. The second-order valence-corrected chi connectivity index (χ2v) is 6.98. The minimum atomic E-state index is 0.411. The van der Waals surface area contributed by atoms with Crippen LogP contribution in [0.25, 0.3) is 6.08 Å². The molecule has 2 aromatic carbocycles. The number of para-hydroxylation sites is 1. The van der Waals surface area contributed by atoms with Crippen molar-refractivity contribution >= 4 is 35.8 Å². The lowest BCUT2D eigenvalue weighted by Gasteiger charge is -2.26. The topological polar surface area (TPSA) is 78.3 Å². The van der Waals surface area contributed by atoms with Gasteiger partial charge in [-0.15, -0.1) is 0 Å². The molecule has 7 nitrogen and oxygen atoms in total. The molecule has 0 saturated carbocycles. The first-order chi connectivity index (χ1) is 14.9. The Kier molecular flexibility index (Phi) is 6.63. The highest BCUT2D eigenvalue weighted by Crippen LogP contribution is 2.20. The molecular formula is C23H25N7. The smallest absolute Gasteiger partial charge is 0.250 e. The Bertz CT molecular complexity index is 981. The van der Waals surface area contributed by atoms with E-state index in [0.717, 1.165) is 37.2 Å². The second-order valence-electron chi connectivity index (χ2n) is 6.98. The maximum atomic E-state index is 4.62. The molecule has 2 N–H and O–H groups in total. The number of nitrogens with zero attached hydrogens (tertiary/aromatic N) is 5. The van der Waals surface area contributed by atoms with Crippen molar-refractivity contribution in [1.29, 1.82) is 0 Å². The van der Waals surface area contributed by atoms with E-state index < -0.39 is 0 Å². The molecule has 1 aliphatic rings. The van der Waals surface area contributed by atoms with E-state index in [1.54, 1.807) is 6.21 Å². The van der Waals surface area contributed by atoms with Gasteiger partial charge in [-0.1, -0.05) is 54.6 Å². The molecule has 0 amide bonds. The molecule has 30 heavy (non-hydrogen) atoms. The van der Waals surface area contributed by atoms with Crippen molar-refractivity contribution in [2.24, 2.45) is 5.10 Å². The predicted octanol–water partition coefficient (Wildman–Crippen LogP) is 4.72. The van der Waals surface area contributed by atoms with E-state index in [2.05, 4.69) is 35.7 Å². The number of piperidine rings is 1. The lowest BCUT2D eigenvalue weighted by atomic mass is 10.1. The minimum absolute atomic E-state index is 0.411. The zero-order valence-electron chi connectivity index (χ0n) is 16.8. The van der Waals surface area contributed by atoms with Gasteiger partial charge in [0.2, 0.25) is 17.8 Å². The molecule has 0 bridgehead atoms. The third kappa shape index (κ3) is 5.64. The van der Waals surface area contributed by atoms with Gasteiger partial charge in [-0.25, -0.2) is 5.43 Å². The molecule has 7 heteroatoms. The third-order valence-electron chi connectivity index (χ3n) is 4.71. The number of allylic oxidation sites excluding steroid dienone is 1. The SMILES string of the molecule is C(/C=C/c1ccccc1)=N/Nc1nc(Nc2ccccc2)nc(N2CCCCC2)n1. The van der Waals surface area contributed by atoms with E-state index in [4.69, 9.17) is 0 Å². The fourth-order valence-electron chi connectivity index (χ4n) is 3.21. The van der Waals surface area contributed by atoms with Crippen LogP contribution in [0.3, 0.4) is 0 Å². The van der Waals surface area contributed by atoms with Crippen LogP contribution in [0.4, 0.5) is 23.5 Å². The van der Waals surface area contributed by atoms with Crippen molar-refractivity contribution in [2.45, 2.75) is 19.3 Å². The van der Waals surface area contributed by atoms with Crippen LogP contribution in [-0.2, 0) is 0 Å². The molecule has 1 aliphatic heterocycles. The van der Waals surface area contributed by atoms with Gasteiger partial charge in [-0.2, -0.15) is 20.1 Å². The van der Waals surface area contributed by atoms with E-state index in [-0.39, 0.29) is 0 Å². The Labute approximate surface area is 176 Å². The molecule has 4 rings (SSSR count). The van der Waals surface area contributed by atoms with Crippen LogP contribution in [0.15, 0.2) is 71.8 Å². The van der Waals surface area contributed by atoms with E-state index in [9.17, 15) is 0 Å². The van der Waals surface area contributed by atoms with E-state index >= 15 is 0 Å². The monoisotopic (exact) mass is 399 g/mol. The second kappa shape index (κ2) is 10.2. The standard InChI is InChI=1S/C23H25N7/c1-4-11-19(12-5-1)13-10-16-24-29-22-26-21(25-20-14-6-2-7-15-20)27-23(28-22)30-17-8-3-9-18-30/h1-2,4-7,10-16H,3,8-9,17-18H2,(H2,25,26,27,28,29)/b13-10+,24-16-. The van der Waals surface area contributed by atoms with Gasteiger partial charge >= 0.3 is 0 Å². The van der Waals surface area contributed by atoms with Gasteiger partial charge in [-0.3, -0.25) is 0 Å². The van der Waals surface area contributed by atoms with Crippen LogP contribution in [0.5, 0.6) is 0 Å². The van der Waals surface area contributed by atoms with Crippen LogP contribution in [0, 0.1) is 0 Å². The Morgan fingerprint density at radius 3 is 2.27 bits per heavy atom. The molecule has 152 valence electrons. The average molecular weight is 400 g/mol. The maximum absolute atomic E-state index is 4.62. The molecular weight excluding hydrogens is 374 g/mol. The van der Waals surface area contributed by atoms with Gasteiger partial charge in [0.1, 0.15) is 0 Å². The van der Waals surface area contributed by atoms with Crippen LogP contribution < -0.4 is 15.6 Å². The number of nitrogens with one attached hydrogen (secondary N) is 2. The summed E-state index contributed by atoms with van der Waals surface area (Å²) in [5, 5.41) is 7.48. The lowest BCUT2D eigenvalue weighted by Crippen LogP contribution is -2.31. The quantitative estimate of drug-likeness (QED) is 0.442. The summed E-state index contributed by atoms with van der Waals surface area (Å²) >= 11 is 0. The highest BCUT2D eigenvalue weighted by Gasteiger charge is 2.16. The number of hydrogen-bond acceptors (Lipinski definition) is 7. The summed E-state index contributed by atoms with van der Waals surface area (Å²) in [7, 11) is 0. The van der Waals surface area contributed by atoms with Gasteiger partial charge in [0.25, 0.3) is 0 Å². The highest BCUT2D eigenvalue weighted by molar-refractivity contribution is 5.78. The first-order valence-electron chi connectivity index (χ1n) is 10.2. The molecule has 1 saturated heterocycles. The van der Waals surface area contributed by atoms with Crippen molar-refractivity contribution in [3.63, 3.8) is 0 Å². The van der Waals surface area contributed by atoms with Crippen LogP contribution in [0.2, 0.25) is 0 Å². The minimum Gasteiger partial charge on any atom is -0.341 e. The number of anilines is 4. The molecule has 1 aromatic heterocycles. The Hall–Kier alpha value is -3.74. The van der Waals surface area contributed by atoms with Gasteiger partial charge in [-0.05, 0) is 43.0 Å². The van der Waals surface area contributed by atoms with Crippen molar-refractivity contribution in [3.8, 4) is 0 Å². The zero-order chi connectivity index (χ0) is 20.4. The Morgan fingerprint density at radius 1 is 0.800 bits per heavy atom. The van der Waals surface area contributed by atoms with Gasteiger partial charge < -0.3 is 10.2 Å². The van der Waals surface area contributed by atoms with Crippen LogP contribution in [-0.4, -0.2) is 34.3 Å². The largest absolute Gasteiger partial charge is 0.341 e. The molecule has 0 aliphatic carbocycles. The Morgan fingerprint density at radius 2 is 1.50 bits per heavy atom. The van der Waals surface area contributed by atoms with Crippen LogP contribution >= 0.6 is 0 Å². The highest BCUT2D eigenvalue weighted by atomic mass is 15.4. The van der Waals surface area contributed by atoms with Gasteiger partial charge in [0.05, 0.1) is 0 Å². The summed E-state index contributed by atoms with van der Waals surface area (Å²) in [5.41, 5.74) is 4.97. The van der Waals surface area contributed by atoms with E-state index in [0.29, 0.717) is 17.8 Å². The van der Waals surface area contributed by atoms with Crippen molar-refractivity contribution in [3.05, 3.63) is 72.3 Å². The summed E-state index contributed by atoms with van der Waals surface area (Å²) in [6.45, 7) is 1.91.